The number of likely N-dealkylation sites (tertiary alicyclic amines) is 1. The van der Waals surface area contributed by atoms with E-state index in [1.165, 1.54) is 0 Å². The average molecular weight is 328 g/mol. The standard InChI is InChI=1S/C19H24N2O3/c1-12-10-15-11-14(2-3-17(15)24-12)18(22)13-5-8-21(9-6-13)16-4-7-20-19(16)23/h2-3,11-13,16H,4-10H2,1H3,(H,20,23). The summed E-state index contributed by atoms with van der Waals surface area (Å²) in [5.74, 6) is 1.38. The van der Waals surface area contributed by atoms with Crippen LogP contribution in [0.3, 0.4) is 0 Å². The van der Waals surface area contributed by atoms with Gasteiger partial charge in [0.25, 0.3) is 0 Å². The van der Waals surface area contributed by atoms with Crippen LogP contribution < -0.4 is 10.1 Å². The fourth-order valence-electron chi connectivity index (χ4n) is 4.21. The largest absolute Gasteiger partial charge is 0.490 e. The highest BCUT2D eigenvalue weighted by molar-refractivity contribution is 5.98. The molecule has 0 spiro atoms. The lowest BCUT2D eigenvalue weighted by atomic mass is 9.87. The number of nitrogens with zero attached hydrogens (tertiary/aromatic N) is 1. The number of carbonyl (C=O) groups excluding carboxylic acids is 2. The number of fused-ring (bicyclic) bond motifs is 1. The molecule has 5 nitrogen and oxygen atoms in total. The highest BCUT2D eigenvalue weighted by Crippen LogP contribution is 2.31. The Bertz CT molecular complexity index is 665. The summed E-state index contributed by atoms with van der Waals surface area (Å²) in [5, 5.41) is 2.89. The first kappa shape index (κ1) is 15.6. The van der Waals surface area contributed by atoms with Gasteiger partial charge >= 0.3 is 0 Å². The summed E-state index contributed by atoms with van der Waals surface area (Å²) < 4.78 is 5.71. The number of Topliss-reactive ketones (excluding diaryl/α,β-unsaturated/α-hetero) is 1. The minimum absolute atomic E-state index is 0.0136. The van der Waals surface area contributed by atoms with Gasteiger partial charge in [0, 0.05) is 24.4 Å². The van der Waals surface area contributed by atoms with Gasteiger partial charge in [-0.3, -0.25) is 14.5 Å². The number of rotatable bonds is 3. The first-order valence-corrected chi connectivity index (χ1v) is 8.97. The van der Waals surface area contributed by atoms with E-state index < -0.39 is 0 Å². The summed E-state index contributed by atoms with van der Waals surface area (Å²) in [5.41, 5.74) is 1.96. The van der Waals surface area contributed by atoms with Crippen molar-refractivity contribution in [2.45, 2.75) is 44.8 Å². The van der Waals surface area contributed by atoms with Gasteiger partial charge in [0.15, 0.2) is 5.78 Å². The third kappa shape index (κ3) is 2.81. The second-order valence-electron chi connectivity index (χ2n) is 7.23. The van der Waals surface area contributed by atoms with E-state index in [2.05, 4.69) is 17.1 Å². The number of ether oxygens (including phenoxy) is 1. The molecule has 1 amide bonds. The van der Waals surface area contributed by atoms with E-state index in [0.29, 0.717) is 0 Å². The normalized spacial score (nSPS) is 27.6. The Kier molecular flexibility index (Phi) is 4.04. The van der Waals surface area contributed by atoms with Gasteiger partial charge in [-0.25, -0.2) is 0 Å². The van der Waals surface area contributed by atoms with Crippen LogP contribution in [0, 0.1) is 5.92 Å². The molecular formula is C19H24N2O3. The molecule has 3 aliphatic rings. The van der Waals surface area contributed by atoms with E-state index >= 15 is 0 Å². The van der Waals surface area contributed by atoms with Gasteiger partial charge in [0.1, 0.15) is 11.9 Å². The number of amides is 1. The zero-order valence-corrected chi connectivity index (χ0v) is 14.1. The number of carbonyl (C=O) groups is 2. The maximum atomic E-state index is 12.8. The Labute approximate surface area is 142 Å². The molecule has 0 bridgehead atoms. The molecule has 2 fully saturated rings. The van der Waals surface area contributed by atoms with Crippen LogP contribution in [0.2, 0.25) is 0 Å². The summed E-state index contributed by atoms with van der Waals surface area (Å²) in [7, 11) is 0. The zero-order valence-electron chi connectivity index (χ0n) is 14.1. The molecule has 3 aliphatic heterocycles. The lowest BCUT2D eigenvalue weighted by molar-refractivity contribution is -0.124. The van der Waals surface area contributed by atoms with Gasteiger partial charge in [-0.15, -0.1) is 0 Å². The van der Waals surface area contributed by atoms with E-state index in [1.807, 2.05) is 18.2 Å². The molecule has 24 heavy (non-hydrogen) atoms. The molecule has 128 valence electrons. The van der Waals surface area contributed by atoms with Crippen molar-refractivity contribution in [1.29, 1.82) is 0 Å². The lowest BCUT2D eigenvalue weighted by Gasteiger charge is -2.34. The van der Waals surface area contributed by atoms with E-state index in [-0.39, 0.29) is 29.8 Å². The van der Waals surface area contributed by atoms with Crippen LogP contribution in [-0.2, 0) is 11.2 Å². The SMILES string of the molecule is CC1Cc2cc(C(=O)C3CCN(C4CCNC4=O)CC3)ccc2O1. The highest BCUT2D eigenvalue weighted by Gasteiger charge is 2.34. The van der Waals surface area contributed by atoms with Crippen molar-refractivity contribution in [1.82, 2.24) is 10.2 Å². The monoisotopic (exact) mass is 328 g/mol. The maximum Gasteiger partial charge on any atom is 0.237 e. The Morgan fingerprint density at radius 2 is 2.04 bits per heavy atom. The number of hydrogen-bond donors (Lipinski definition) is 1. The van der Waals surface area contributed by atoms with Crippen molar-refractivity contribution >= 4 is 11.7 Å². The molecule has 2 unspecified atom stereocenters. The summed E-state index contributed by atoms with van der Waals surface area (Å²) in [6.07, 6.45) is 3.65. The number of ketones is 1. The second kappa shape index (κ2) is 6.20. The van der Waals surface area contributed by atoms with Crippen molar-refractivity contribution < 1.29 is 14.3 Å². The van der Waals surface area contributed by atoms with Gasteiger partial charge in [-0.05, 0) is 63.0 Å². The van der Waals surface area contributed by atoms with Gasteiger partial charge < -0.3 is 10.1 Å². The Morgan fingerprint density at radius 1 is 1.25 bits per heavy atom. The van der Waals surface area contributed by atoms with Crippen LogP contribution in [-0.4, -0.2) is 48.4 Å². The van der Waals surface area contributed by atoms with E-state index in [1.54, 1.807) is 0 Å². The summed E-state index contributed by atoms with van der Waals surface area (Å²) >= 11 is 0. The molecular weight excluding hydrogens is 304 g/mol. The minimum atomic E-state index is 0.0136. The number of benzene rings is 1. The van der Waals surface area contributed by atoms with Crippen molar-refractivity contribution in [3.63, 3.8) is 0 Å². The van der Waals surface area contributed by atoms with Crippen LogP contribution in [0.4, 0.5) is 0 Å². The van der Waals surface area contributed by atoms with Crippen LogP contribution in [0.25, 0.3) is 0 Å². The van der Waals surface area contributed by atoms with Crippen molar-refractivity contribution in [3.8, 4) is 5.75 Å². The van der Waals surface area contributed by atoms with Gasteiger partial charge in [0.05, 0.1) is 6.04 Å². The van der Waals surface area contributed by atoms with Gasteiger partial charge in [0.2, 0.25) is 5.91 Å². The maximum absolute atomic E-state index is 12.8. The molecule has 4 rings (SSSR count). The summed E-state index contributed by atoms with van der Waals surface area (Å²) in [4.78, 5) is 26.9. The third-order valence-corrected chi connectivity index (χ3v) is 5.54. The molecule has 2 saturated heterocycles. The number of hydrogen-bond acceptors (Lipinski definition) is 4. The Hall–Kier alpha value is -1.88. The van der Waals surface area contributed by atoms with Crippen LogP contribution >= 0.6 is 0 Å². The molecule has 1 aromatic rings. The van der Waals surface area contributed by atoms with E-state index in [0.717, 1.165) is 62.2 Å². The van der Waals surface area contributed by atoms with Crippen LogP contribution in [0.15, 0.2) is 18.2 Å². The van der Waals surface area contributed by atoms with Crippen LogP contribution in [0.1, 0.15) is 42.1 Å². The molecule has 5 heteroatoms. The molecule has 0 saturated carbocycles. The predicted molar refractivity (Wildman–Crippen MR) is 90.3 cm³/mol. The molecule has 0 aliphatic carbocycles. The average Bonchev–Trinajstić information content (AvgIpc) is 3.18. The predicted octanol–water partition coefficient (Wildman–Crippen LogP) is 1.79. The van der Waals surface area contributed by atoms with Crippen LogP contribution in [0.5, 0.6) is 5.75 Å². The fourth-order valence-corrected chi connectivity index (χ4v) is 4.21. The molecule has 0 aromatic heterocycles. The summed E-state index contributed by atoms with van der Waals surface area (Å²) in [6.45, 7) is 4.49. The van der Waals surface area contributed by atoms with E-state index in [4.69, 9.17) is 4.74 Å². The molecule has 3 heterocycles. The zero-order chi connectivity index (χ0) is 16.7. The molecule has 1 N–H and O–H groups in total. The minimum Gasteiger partial charge on any atom is -0.490 e. The summed E-state index contributed by atoms with van der Waals surface area (Å²) in [6, 6.07) is 5.86. The molecule has 1 aromatic carbocycles. The van der Waals surface area contributed by atoms with Crippen molar-refractivity contribution in [2.75, 3.05) is 19.6 Å². The van der Waals surface area contributed by atoms with Gasteiger partial charge in [-0.2, -0.15) is 0 Å². The lowest BCUT2D eigenvalue weighted by Crippen LogP contribution is -2.46. The third-order valence-electron chi connectivity index (χ3n) is 5.54. The first-order valence-electron chi connectivity index (χ1n) is 8.97. The second-order valence-corrected chi connectivity index (χ2v) is 7.23. The number of nitrogens with one attached hydrogen (secondary N) is 1. The quantitative estimate of drug-likeness (QED) is 0.860. The van der Waals surface area contributed by atoms with Crippen molar-refractivity contribution in [2.24, 2.45) is 5.92 Å². The topological polar surface area (TPSA) is 58.6 Å². The number of piperidine rings is 1. The smallest absolute Gasteiger partial charge is 0.237 e. The first-order chi connectivity index (χ1) is 11.6. The Balaban J connectivity index is 1.40. The fraction of sp³-hybridized carbons (Fsp3) is 0.579. The van der Waals surface area contributed by atoms with Gasteiger partial charge in [-0.1, -0.05) is 0 Å². The Morgan fingerprint density at radius 3 is 2.75 bits per heavy atom. The highest BCUT2D eigenvalue weighted by atomic mass is 16.5. The van der Waals surface area contributed by atoms with Crippen molar-refractivity contribution in [3.05, 3.63) is 29.3 Å². The van der Waals surface area contributed by atoms with E-state index in [9.17, 15) is 9.59 Å². The molecule has 0 radical (unpaired) electrons. The molecule has 2 atom stereocenters.